The van der Waals surface area contributed by atoms with E-state index < -0.39 is 0 Å². The summed E-state index contributed by atoms with van der Waals surface area (Å²) in [6.45, 7) is 12.3. The molecule has 26 heavy (non-hydrogen) atoms. The van der Waals surface area contributed by atoms with Crippen molar-refractivity contribution in [2.45, 2.75) is 52.0 Å². The van der Waals surface area contributed by atoms with Gasteiger partial charge in [-0.2, -0.15) is 0 Å². The zero-order valence-electron chi connectivity index (χ0n) is 16.6. The Morgan fingerprint density at radius 2 is 1.81 bits per heavy atom. The van der Waals surface area contributed by atoms with E-state index in [2.05, 4.69) is 72.5 Å². The predicted octanol–water partition coefficient (Wildman–Crippen LogP) is 3.12. The van der Waals surface area contributed by atoms with E-state index in [1.807, 2.05) is 0 Å². The van der Waals surface area contributed by atoms with Gasteiger partial charge in [0.1, 0.15) is 0 Å². The van der Waals surface area contributed by atoms with Crippen LogP contribution in [-0.4, -0.2) is 49.9 Å². The molecule has 0 radical (unpaired) electrons. The summed E-state index contributed by atoms with van der Waals surface area (Å²) in [6.07, 6.45) is 2.18. The van der Waals surface area contributed by atoms with E-state index in [1.54, 1.807) is 0 Å². The fourth-order valence-corrected chi connectivity index (χ4v) is 3.13. The van der Waals surface area contributed by atoms with Crippen LogP contribution in [0.2, 0.25) is 0 Å². The molecule has 0 aliphatic carbocycles. The van der Waals surface area contributed by atoms with Crippen molar-refractivity contribution in [1.82, 2.24) is 10.6 Å². The van der Waals surface area contributed by atoms with Crippen molar-refractivity contribution in [3.05, 3.63) is 29.8 Å². The Labute approximate surface area is 175 Å². The maximum Gasteiger partial charge on any atom is 0.191 e. The number of anilines is 1. The molecule has 0 amide bonds. The average Bonchev–Trinajstić information content (AvgIpc) is 2.60. The van der Waals surface area contributed by atoms with Gasteiger partial charge in [-0.1, -0.05) is 32.9 Å². The molecule has 0 bridgehead atoms. The van der Waals surface area contributed by atoms with E-state index in [4.69, 9.17) is 5.11 Å². The van der Waals surface area contributed by atoms with Crippen LogP contribution in [0.3, 0.4) is 0 Å². The number of nitrogens with zero attached hydrogens (tertiary/aromatic N) is 2. The summed E-state index contributed by atoms with van der Waals surface area (Å²) in [4.78, 5) is 6.83. The highest BCUT2D eigenvalue weighted by Crippen LogP contribution is 2.26. The van der Waals surface area contributed by atoms with Gasteiger partial charge >= 0.3 is 0 Å². The van der Waals surface area contributed by atoms with Crippen molar-refractivity contribution in [1.29, 1.82) is 0 Å². The summed E-state index contributed by atoms with van der Waals surface area (Å²) in [5, 5.41) is 15.7. The van der Waals surface area contributed by atoms with Crippen molar-refractivity contribution in [2.24, 2.45) is 4.99 Å². The highest BCUT2D eigenvalue weighted by Gasteiger charge is 2.21. The van der Waals surface area contributed by atoms with Crippen LogP contribution in [0.1, 0.15) is 46.1 Å². The molecule has 1 heterocycles. The fraction of sp³-hybridized carbons (Fsp3) is 0.650. The van der Waals surface area contributed by atoms with Gasteiger partial charge in [-0.3, -0.25) is 4.99 Å². The minimum atomic E-state index is 0. The molecule has 1 aliphatic rings. The number of hydrogen-bond donors (Lipinski definition) is 3. The van der Waals surface area contributed by atoms with E-state index >= 15 is 0 Å². The van der Waals surface area contributed by atoms with Crippen LogP contribution in [0.5, 0.6) is 0 Å². The molecule has 1 aromatic carbocycles. The predicted molar refractivity (Wildman–Crippen MR) is 122 cm³/mol. The van der Waals surface area contributed by atoms with E-state index in [1.165, 1.54) is 11.3 Å². The molecule has 0 spiro atoms. The lowest BCUT2D eigenvalue weighted by Gasteiger charge is -2.35. The largest absolute Gasteiger partial charge is 0.394 e. The number of hydrogen-bond acceptors (Lipinski definition) is 3. The van der Waals surface area contributed by atoms with Gasteiger partial charge in [0, 0.05) is 31.4 Å². The topological polar surface area (TPSA) is 59.9 Å². The molecule has 0 saturated carbocycles. The van der Waals surface area contributed by atoms with E-state index in [0.717, 1.165) is 38.4 Å². The van der Waals surface area contributed by atoms with Gasteiger partial charge < -0.3 is 20.6 Å². The Balaban J connectivity index is 0.00000338. The highest BCUT2D eigenvalue weighted by atomic mass is 127. The number of benzene rings is 1. The Kier molecular flexibility index (Phi) is 9.71. The number of aliphatic hydroxyl groups is 1. The van der Waals surface area contributed by atoms with Gasteiger partial charge in [-0.25, -0.2) is 0 Å². The zero-order valence-corrected chi connectivity index (χ0v) is 18.9. The number of guanidine groups is 1. The third-order valence-corrected chi connectivity index (χ3v) is 4.65. The number of nitrogens with one attached hydrogen (secondary N) is 2. The van der Waals surface area contributed by atoms with Crippen LogP contribution in [0, 0.1) is 0 Å². The van der Waals surface area contributed by atoms with Crippen molar-refractivity contribution in [3.63, 3.8) is 0 Å². The lowest BCUT2D eigenvalue weighted by molar-refractivity contribution is 0.306. The molecule has 5 nitrogen and oxygen atoms in total. The Hall–Kier alpha value is -1.02. The monoisotopic (exact) mass is 474 g/mol. The number of aliphatic hydroxyl groups excluding tert-OH is 1. The highest BCUT2D eigenvalue weighted by molar-refractivity contribution is 14.0. The molecular formula is C20H35IN4O. The van der Waals surface area contributed by atoms with E-state index in [9.17, 15) is 0 Å². The maximum absolute atomic E-state index is 8.95. The first-order valence-corrected chi connectivity index (χ1v) is 9.45. The second-order valence-electron chi connectivity index (χ2n) is 7.69. The van der Waals surface area contributed by atoms with E-state index in [0.29, 0.717) is 12.6 Å². The van der Waals surface area contributed by atoms with Crippen LogP contribution in [0.25, 0.3) is 0 Å². The quantitative estimate of drug-likeness (QED) is 0.349. The average molecular weight is 474 g/mol. The van der Waals surface area contributed by atoms with Crippen molar-refractivity contribution < 1.29 is 5.11 Å². The van der Waals surface area contributed by atoms with Crippen LogP contribution in [0.4, 0.5) is 5.69 Å². The molecule has 2 rings (SSSR count). The van der Waals surface area contributed by atoms with Gasteiger partial charge in [0.05, 0.1) is 13.2 Å². The standard InChI is InChI=1S/C20H34N4O.HI/c1-5-21-19(22-12-15-25)23-17-10-13-24(14-11-17)18-8-6-16(7-9-18)20(2,3)4;/h6-9,17,25H,5,10-15H2,1-4H3,(H2,21,22,23);1H. The Morgan fingerprint density at radius 3 is 2.31 bits per heavy atom. The summed E-state index contributed by atoms with van der Waals surface area (Å²) in [7, 11) is 0. The normalized spacial score (nSPS) is 16.2. The Bertz CT molecular complexity index is 546. The van der Waals surface area contributed by atoms with Crippen LogP contribution in [0.15, 0.2) is 29.3 Å². The summed E-state index contributed by atoms with van der Waals surface area (Å²) in [6, 6.07) is 9.44. The summed E-state index contributed by atoms with van der Waals surface area (Å²) in [5.41, 5.74) is 2.89. The van der Waals surface area contributed by atoms with Crippen LogP contribution in [-0.2, 0) is 5.41 Å². The molecule has 0 unspecified atom stereocenters. The molecule has 1 aliphatic heterocycles. The van der Waals surface area contributed by atoms with Crippen molar-refractivity contribution in [3.8, 4) is 0 Å². The van der Waals surface area contributed by atoms with E-state index in [-0.39, 0.29) is 36.0 Å². The molecule has 1 saturated heterocycles. The first kappa shape index (κ1) is 23.0. The van der Waals surface area contributed by atoms with Gasteiger partial charge in [0.2, 0.25) is 0 Å². The van der Waals surface area contributed by atoms with Gasteiger partial charge in [0.25, 0.3) is 0 Å². The molecule has 148 valence electrons. The number of rotatable bonds is 5. The number of piperidine rings is 1. The second-order valence-corrected chi connectivity index (χ2v) is 7.69. The number of aliphatic imine (C=N–C) groups is 1. The van der Waals surface area contributed by atoms with Gasteiger partial charge in [-0.05, 0) is 42.9 Å². The summed E-state index contributed by atoms with van der Waals surface area (Å²) >= 11 is 0. The third-order valence-electron chi connectivity index (χ3n) is 4.65. The second kappa shape index (κ2) is 11.0. The minimum Gasteiger partial charge on any atom is -0.394 e. The van der Waals surface area contributed by atoms with Gasteiger partial charge in [0.15, 0.2) is 5.96 Å². The SMILES string of the molecule is CCNC(=NCCO)NC1CCN(c2ccc(C(C)(C)C)cc2)CC1.I. The first-order valence-electron chi connectivity index (χ1n) is 9.45. The molecule has 1 fully saturated rings. The molecular weight excluding hydrogens is 439 g/mol. The first-order chi connectivity index (χ1) is 11.9. The molecule has 1 aromatic rings. The zero-order chi connectivity index (χ0) is 18.3. The fourth-order valence-electron chi connectivity index (χ4n) is 3.13. The lowest BCUT2D eigenvalue weighted by atomic mass is 9.87. The Morgan fingerprint density at radius 1 is 1.19 bits per heavy atom. The lowest BCUT2D eigenvalue weighted by Crippen LogP contribution is -2.48. The van der Waals surface area contributed by atoms with Crippen LogP contribution < -0.4 is 15.5 Å². The summed E-state index contributed by atoms with van der Waals surface area (Å²) in [5.74, 6) is 0.810. The minimum absolute atomic E-state index is 0. The summed E-state index contributed by atoms with van der Waals surface area (Å²) < 4.78 is 0. The van der Waals surface area contributed by atoms with Crippen LogP contribution >= 0.6 is 24.0 Å². The van der Waals surface area contributed by atoms with Crippen molar-refractivity contribution >= 4 is 35.6 Å². The smallest absolute Gasteiger partial charge is 0.191 e. The molecule has 0 atom stereocenters. The third kappa shape index (κ3) is 6.95. The molecule has 6 heteroatoms. The maximum atomic E-state index is 8.95. The molecule has 0 aromatic heterocycles. The number of halogens is 1. The van der Waals surface area contributed by atoms with Crippen molar-refractivity contribution in [2.75, 3.05) is 37.7 Å². The van der Waals surface area contributed by atoms with Gasteiger partial charge in [-0.15, -0.1) is 24.0 Å². The molecule has 3 N–H and O–H groups in total.